The van der Waals surface area contributed by atoms with Gasteiger partial charge in [0.05, 0.1) is 20.3 Å². The SMILES string of the molecule is COc1ccc(NC(=O)CC2COC2)cc1. The van der Waals surface area contributed by atoms with Crippen LogP contribution in [-0.2, 0) is 9.53 Å². The molecular weight excluding hydrogens is 206 g/mol. The largest absolute Gasteiger partial charge is 0.497 e. The van der Waals surface area contributed by atoms with Gasteiger partial charge in [-0.15, -0.1) is 0 Å². The third-order valence-electron chi connectivity index (χ3n) is 2.55. The smallest absolute Gasteiger partial charge is 0.224 e. The minimum absolute atomic E-state index is 0.0402. The lowest BCUT2D eigenvalue weighted by Crippen LogP contribution is -2.31. The zero-order valence-electron chi connectivity index (χ0n) is 9.23. The Morgan fingerprint density at radius 3 is 2.62 bits per heavy atom. The highest BCUT2D eigenvalue weighted by Crippen LogP contribution is 2.18. The van der Waals surface area contributed by atoms with E-state index in [9.17, 15) is 4.79 Å². The average molecular weight is 221 g/mol. The Kier molecular flexibility index (Phi) is 3.41. The molecule has 1 fully saturated rings. The number of rotatable bonds is 4. The van der Waals surface area contributed by atoms with E-state index in [0.29, 0.717) is 25.6 Å². The zero-order chi connectivity index (χ0) is 11.4. The predicted octanol–water partition coefficient (Wildman–Crippen LogP) is 1.67. The molecule has 1 aromatic carbocycles. The van der Waals surface area contributed by atoms with Crippen molar-refractivity contribution in [2.75, 3.05) is 25.6 Å². The molecule has 1 aliphatic heterocycles. The van der Waals surface area contributed by atoms with Gasteiger partial charge in [0.2, 0.25) is 5.91 Å². The lowest BCUT2D eigenvalue weighted by atomic mass is 10.0. The molecule has 1 amide bonds. The van der Waals surface area contributed by atoms with Crippen molar-refractivity contribution in [3.63, 3.8) is 0 Å². The summed E-state index contributed by atoms with van der Waals surface area (Å²) in [5.74, 6) is 1.21. The van der Waals surface area contributed by atoms with Crippen LogP contribution >= 0.6 is 0 Å². The highest BCUT2D eigenvalue weighted by molar-refractivity contribution is 5.90. The Morgan fingerprint density at radius 1 is 1.44 bits per heavy atom. The fraction of sp³-hybridized carbons (Fsp3) is 0.417. The number of methoxy groups -OCH3 is 1. The van der Waals surface area contributed by atoms with Gasteiger partial charge in [-0.1, -0.05) is 0 Å². The standard InChI is InChI=1S/C12H15NO3/c1-15-11-4-2-10(3-5-11)13-12(14)6-9-7-16-8-9/h2-5,9H,6-8H2,1H3,(H,13,14). The molecule has 1 N–H and O–H groups in total. The van der Waals surface area contributed by atoms with Crippen LogP contribution < -0.4 is 10.1 Å². The summed E-state index contributed by atoms with van der Waals surface area (Å²) in [5.41, 5.74) is 0.797. The molecule has 1 saturated heterocycles. The third-order valence-corrected chi connectivity index (χ3v) is 2.55. The first kappa shape index (κ1) is 11.0. The lowest BCUT2D eigenvalue weighted by molar-refractivity contribution is -0.121. The Balaban J connectivity index is 1.84. The molecule has 0 aromatic heterocycles. The Bertz CT molecular complexity index is 357. The van der Waals surface area contributed by atoms with Crippen LogP contribution in [0.3, 0.4) is 0 Å². The second-order valence-corrected chi connectivity index (χ2v) is 3.88. The van der Waals surface area contributed by atoms with Gasteiger partial charge in [-0.2, -0.15) is 0 Å². The minimum atomic E-state index is 0.0402. The van der Waals surface area contributed by atoms with Crippen molar-refractivity contribution in [3.8, 4) is 5.75 Å². The van der Waals surface area contributed by atoms with Crippen molar-refractivity contribution in [2.45, 2.75) is 6.42 Å². The molecule has 0 aliphatic carbocycles. The Hall–Kier alpha value is -1.55. The molecule has 16 heavy (non-hydrogen) atoms. The fourth-order valence-electron chi connectivity index (χ4n) is 1.55. The summed E-state index contributed by atoms with van der Waals surface area (Å²) in [4.78, 5) is 11.6. The van der Waals surface area contributed by atoms with E-state index in [1.54, 1.807) is 7.11 Å². The summed E-state index contributed by atoms with van der Waals surface area (Å²) in [6.07, 6.45) is 0.534. The number of hydrogen-bond acceptors (Lipinski definition) is 3. The number of ether oxygens (including phenoxy) is 2. The van der Waals surface area contributed by atoms with Gasteiger partial charge in [0.25, 0.3) is 0 Å². The molecule has 1 heterocycles. The number of carbonyl (C=O) groups is 1. The average Bonchev–Trinajstić information content (AvgIpc) is 2.25. The van der Waals surface area contributed by atoms with Gasteiger partial charge in [-0.3, -0.25) is 4.79 Å². The number of benzene rings is 1. The quantitative estimate of drug-likeness (QED) is 0.841. The van der Waals surface area contributed by atoms with E-state index in [2.05, 4.69) is 5.32 Å². The molecule has 4 heteroatoms. The van der Waals surface area contributed by atoms with Crippen molar-refractivity contribution in [2.24, 2.45) is 5.92 Å². The van der Waals surface area contributed by atoms with Crippen LogP contribution in [-0.4, -0.2) is 26.2 Å². The van der Waals surface area contributed by atoms with E-state index >= 15 is 0 Å². The summed E-state index contributed by atoms with van der Waals surface area (Å²) in [5, 5.41) is 2.84. The first-order valence-corrected chi connectivity index (χ1v) is 5.29. The van der Waals surface area contributed by atoms with Crippen molar-refractivity contribution in [1.29, 1.82) is 0 Å². The maximum atomic E-state index is 11.6. The van der Waals surface area contributed by atoms with E-state index in [4.69, 9.17) is 9.47 Å². The summed E-state index contributed by atoms with van der Waals surface area (Å²) in [6.45, 7) is 1.41. The minimum Gasteiger partial charge on any atom is -0.497 e. The van der Waals surface area contributed by atoms with Crippen LogP contribution in [0.2, 0.25) is 0 Å². The lowest BCUT2D eigenvalue weighted by Gasteiger charge is -2.25. The monoisotopic (exact) mass is 221 g/mol. The summed E-state index contributed by atoms with van der Waals surface area (Å²) < 4.78 is 10.1. The molecule has 0 saturated carbocycles. The second-order valence-electron chi connectivity index (χ2n) is 3.88. The van der Waals surface area contributed by atoms with Crippen LogP contribution in [0, 0.1) is 5.92 Å². The van der Waals surface area contributed by atoms with Gasteiger partial charge in [0.15, 0.2) is 0 Å². The number of anilines is 1. The van der Waals surface area contributed by atoms with E-state index < -0.39 is 0 Å². The molecule has 0 atom stereocenters. The first-order chi connectivity index (χ1) is 7.78. The molecule has 0 radical (unpaired) electrons. The zero-order valence-corrected chi connectivity index (χ0v) is 9.23. The summed E-state index contributed by atoms with van der Waals surface area (Å²) >= 11 is 0. The molecule has 0 bridgehead atoms. The molecule has 1 aromatic rings. The predicted molar refractivity (Wildman–Crippen MR) is 60.5 cm³/mol. The van der Waals surface area contributed by atoms with Gasteiger partial charge in [0, 0.05) is 18.0 Å². The topological polar surface area (TPSA) is 47.6 Å². The van der Waals surface area contributed by atoms with Crippen LogP contribution in [0.4, 0.5) is 5.69 Å². The van der Waals surface area contributed by atoms with Crippen molar-refractivity contribution >= 4 is 11.6 Å². The van der Waals surface area contributed by atoms with Crippen LogP contribution in [0.25, 0.3) is 0 Å². The summed E-state index contributed by atoms with van der Waals surface area (Å²) in [6, 6.07) is 7.30. The molecule has 0 unspecified atom stereocenters. The summed E-state index contributed by atoms with van der Waals surface area (Å²) in [7, 11) is 1.62. The molecule has 86 valence electrons. The van der Waals surface area contributed by atoms with Gasteiger partial charge < -0.3 is 14.8 Å². The van der Waals surface area contributed by atoms with Crippen molar-refractivity contribution < 1.29 is 14.3 Å². The number of amides is 1. The third kappa shape index (κ3) is 2.73. The fourth-order valence-corrected chi connectivity index (χ4v) is 1.55. The van der Waals surface area contributed by atoms with Crippen molar-refractivity contribution in [3.05, 3.63) is 24.3 Å². The molecule has 4 nitrogen and oxygen atoms in total. The molecule has 2 rings (SSSR count). The Morgan fingerprint density at radius 2 is 2.12 bits per heavy atom. The maximum absolute atomic E-state index is 11.6. The van der Waals surface area contributed by atoms with Crippen molar-refractivity contribution in [1.82, 2.24) is 0 Å². The van der Waals surface area contributed by atoms with Crippen LogP contribution in [0.5, 0.6) is 5.75 Å². The van der Waals surface area contributed by atoms with Gasteiger partial charge in [-0.25, -0.2) is 0 Å². The number of carbonyl (C=O) groups excluding carboxylic acids is 1. The van der Waals surface area contributed by atoms with E-state index in [-0.39, 0.29) is 5.91 Å². The maximum Gasteiger partial charge on any atom is 0.224 e. The second kappa shape index (κ2) is 4.99. The normalized spacial score (nSPS) is 15.3. The molecule has 0 spiro atoms. The highest BCUT2D eigenvalue weighted by atomic mass is 16.5. The van der Waals surface area contributed by atoms with E-state index in [1.165, 1.54) is 0 Å². The number of hydrogen-bond donors (Lipinski definition) is 1. The van der Waals surface area contributed by atoms with Crippen LogP contribution in [0.1, 0.15) is 6.42 Å². The van der Waals surface area contributed by atoms with Crippen LogP contribution in [0.15, 0.2) is 24.3 Å². The van der Waals surface area contributed by atoms with Gasteiger partial charge >= 0.3 is 0 Å². The van der Waals surface area contributed by atoms with E-state index in [1.807, 2.05) is 24.3 Å². The van der Waals surface area contributed by atoms with Gasteiger partial charge in [0.1, 0.15) is 5.75 Å². The first-order valence-electron chi connectivity index (χ1n) is 5.29. The highest BCUT2D eigenvalue weighted by Gasteiger charge is 2.21. The molecular formula is C12H15NO3. The Labute approximate surface area is 94.6 Å². The number of nitrogens with one attached hydrogen (secondary N) is 1. The van der Waals surface area contributed by atoms with Gasteiger partial charge in [-0.05, 0) is 24.3 Å². The molecule has 1 aliphatic rings. The van der Waals surface area contributed by atoms with E-state index in [0.717, 1.165) is 11.4 Å².